The molecule has 2 aromatic heterocycles. The summed E-state index contributed by atoms with van der Waals surface area (Å²) in [6, 6.07) is 9.37. The zero-order chi connectivity index (χ0) is 17.9. The number of carbonyl (C=O) groups is 2. The Kier molecular flexibility index (Phi) is 4.37. The van der Waals surface area contributed by atoms with Crippen LogP contribution in [0.2, 0.25) is 0 Å². The number of carbonyl (C=O) groups excluding carboxylic acids is 2. The molecule has 2 amide bonds. The quantitative estimate of drug-likeness (QED) is 0.686. The Morgan fingerprint density at radius 1 is 1.31 bits per heavy atom. The summed E-state index contributed by atoms with van der Waals surface area (Å²) >= 11 is 1.36. The molecule has 130 valence electrons. The predicted octanol–water partition coefficient (Wildman–Crippen LogP) is 3.94. The molecule has 0 fully saturated rings. The summed E-state index contributed by atoms with van der Waals surface area (Å²) in [6.45, 7) is 0. The lowest BCUT2D eigenvalue weighted by Gasteiger charge is -2.17. The minimum absolute atomic E-state index is 0.0477. The summed E-state index contributed by atoms with van der Waals surface area (Å²) in [5.74, 6) is 0.392. The highest BCUT2D eigenvalue weighted by molar-refractivity contribution is 7.14. The topological polar surface area (TPSA) is 84.2 Å². The van der Waals surface area contributed by atoms with Crippen LogP contribution in [0.15, 0.2) is 52.5 Å². The number of hydrogen-bond acceptors (Lipinski definition) is 5. The molecule has 6 nitrogen and oxygen atoms in total. The number of furan rings is 1. The number of nitrogens with zero attached hydrogens (tertiary/aromatic N) is 1. The number of rotatable bonds is 4. The number of nitrogens with one attached hydrogen (secondary N) is 2. The molecule has 1 aliphatic rings. The van der Waals surface area contributed by atoms with E-state index in [1.807, 2.05) is 23.6 Å². The van der Waals surface area contributed by atoms with Gasteiger partial charge in [0.05, 0.1) is 12.0 Å². The van der Waals surface area contributed by atoms with E-state index < -0.39 is 0 Å². The standard InChI is InChI=1S/C19H15N3O3S/c23-17-7-4-12-10-13(3-6-15(12)20-17)16-11-26-19(21-16)22-18(24)8-5-14-2-1-9-25-14/h1-3,5-6,8-11H,4,7H2,(H,20,23)(H,21,22,24)/b8-5+. The first kappa shape index (κ1) is 16.3. The minimum atomic E-state index is -0.268. The van der Waals surface area contributed by atoms with Gasteiger partial charge in [0.25, 0.3) is 0 Å². The summed E-state index contributed by atoms with van der Waals surface area (Å²) in [5, 5.41) is 8.04. The van der Waals surface area contributed by atoms with Crippen molar-refractivity contribution in [3.05, 3.63) is 59.4 Å². The molecule has 1 aromatic carbocycles. The summed E-state index contributed by atoms with van der Waals surface area (Å²) in [7, 11) is 0. The zero-order valence-electron chi connectivity index (χ0n) is 13.7. The van der Waals surface area contributed by atoms with E-state index in [1.54, 1.807) is 24.5 Å². The summed E-state index contributed by atoms with van der Waals surface area (Å²) < 4.78 is 5.14. The van der Waals surface area contributed by atoms with E-state index in [9.17, 15) is 9.59 Å². The number of fused-ring (bicyclic) bond motifs is 1. The van der Waals surface area contributed by atoms with Gasteiger partial charge in [0.2, 0.25) is 11.8 Å². The molecule has 0 saturated carbocycles. The predicted molar refractivity (Wildman–Crippen MR) is 101 cm³/mol. The summed E-state index contributed by atoms with van der Waals surface area (Å²) in [6.07, 6.45) is 5.77. The Morgan fingerprint density at radius 2 is 2.23 bits per heavy atom. The number of benzene rings is 1. The number of thiazole rings is 1. The first-order chi connectivity index (χ1) is 12.7. The van der Waals surface area contributed by atoms with Crippen LogP contribution in [0.25, 0.3) is 17.3 Å². The van der Waals surface area contributed by atoms with E-state index in [-0.39, 0.29) is 11.8 Å². The fraction of sp³-hybridized carbons (Fsp3) is 0.105. The average Bonchev–Trinajstić information content (AvgIpc) is 3.31. The third-order valence-corrected chi connectivity index (χ3v) is 4.73. The van der Waals surface area contributed by atoms with E-state index >= 15 is 0 Å². The first-order valence-corrected chi connectivity index (χ1v) is 8.96. The highest BCUT2D eigenvalue weighted by atomic mass is 32.1. The van der Waals surface area contributed by atoms with Gasteiger partial charge in [0, 0.05) is 29.1 Å². The smallest absolute Gasteiger partial charge is 0.250 e. The van der Waals surface area contributed by atoms with Crippen LogP contribution in [-0.2, 0) is 16.0 Å². The third kappa shape index (κ3) is 3.57. The average molecular weight is 365 g/mol. The molecule has 7 heteroatoms. The van der Waals surface area contributed by atoms with Crippen LogP contribution in [0, 0.1) is 0 Å². The Balaban J connectivity index is 1.46. The lowest BCUT2D eigenvalue weighted by Crippen LogP contribution is -2.18. The van der Waals surface area contributed by atoms with Gasteiger partial charge in [-0.3, -0.25) is 14.9 Å². The third-order valence-electron chi connectivity index (χ3n) is 3.97. The molecule has 0 atom stereocenters. The zero-order valence-corrected chi connectivity index (χ0v) is 14.5. The molecule has 1 aliphatic heterocycles. The van der Waals surface area contributed by atoms with Gasteiger partial charge >= 0.3 is 0 Å². The highest BCUT2D eigenvalue weighted by Crippen LogP contribution is 2.30. The van der Waals surface area contributed by atoms with Crippen molar-refractivity contribution in [1.82, 2.24) is 4.98 Å². The Labute approximate surface area is 153 Å². The minimum Gasteiger partial charge on any atom is -0.465 e. The maximum absolute atomic E-state index is 12.0. The van der Waals surface area contributed by atoms with Crippen molar-refractivity contribution in [3.63, 3.8) is 0 Å². The first-order valence-electron chi connectivity index (χ1n) is 8.08. The fourth-order valence-corrected chi connectivity index (χ4v) is 3.42. The van der Waals surface area contributed by atoms with Crippen LogP contribution in [0.4, 0.5) is 10.8 Å². The molecular formula is C19H15N3O3S. The lowest BCUT2D eigenvalue weighted by atomic mass is 9.99. The van der Waals surface area contributed by atoms with Crippen LogP contribution in [0.1, 0.15) is 17.7 Å². The van der Waals surface area contributed by atoms with Crippen LogP contribution in [0.5, 0.6) is 0 Å². The van der Waals surface area contributed by atoms with Crippen LogP contribution < -0.4 is 10.6 Å². The van der Waals surface area contributed by atoms with Gasteiger partial charge < -0.3 is 9.73 Å². The molecule has 2 N–H and O–H groups in total. The van der Waals surface area contributed by atoms with Gasteiger partial charge in [-0.1, -0.05) is 6.07 Å². The van der Waals surface area contributed by atoms with Gasteiger partial charge in [0.15, 0.2) is 5.13 Å². The SMILES string of the molecule is O=C(/C=C/c1ccco1)Nc1nc(-c2ccc3c(c2)CCC(=O)N3)cs1. The molecule has 0 unspecified atom stereocenters. The van der Waals surface area contributed by atoms with Crippen molar-refractivity contribution < 1.29 is 14.0 Å². The number of amides is 2. The van der Waals surface area contributed by atoms with Crippen molar-refractivity contribution in [3.8, 4) is 11.3 Å². The molecule has 0 bridgehead atoms. The van der Waals surface area contributed by atoms with E-state index in [0.717, 1.165) is 28.9 Å². The molecular weight excluding hydrogens is 350 g/mol. The van der Waals surface area contributed by atoms with Gasteiger partial charge in [0.1, 0.15) is 5.76 Å². The molecule has 0 radical (unpaired) electrons. The normalized spacial score (nSPS) is 13.5. The molecule has 0 aliphatic carbocycles. The fourth-order valence-electron chi connectivity index (χ4n) is 2.70. The van der Waals surface area contributed by atoms with Crippen LogP contribution in [0.3, 0.4) is 0 Å². The molecule has 0 spiro atoms. The molecule has 3 aromatic rings. The number of anilines is 2. The molecule has 0 saturated heterocycles. The highest BCUT2D eigenvalue weighted by Gasteiger charge is 2.16. The second-order valence-corrected chi connectivity index (χ2v) is 6.65. The van der Waals surface area contributed by atoms with Gasteiger partial charge in [-0.05, 0) is 42.3 Å². The van der Waals surface area contributed by atoms with Crippen LogP contribution >= 0.6 is 11.3 Å². The van der Waals surface area contributed by atoms with Gasteiger partial charge in [-0.25, -0.2) is 4.98 Å². The monoisotopic (exact) mass is 365 g/mol. The van der Waals surface area contributed by atoms with E-state index in [1.165, 1.54) is 17.4 Å². The van der Waals surface area contributed by atoms with E-state index in [4.69, 9.17) is 4.42 Å². The maximum Gasteiger partial charge on any atom is 0.250 e. The molecule has 4 rings (SSSR count). The molecule has 26 heavy (non-hydrogen) atoms. The van der Waals surface area contributed by atoms with Crippen molar-refractivity contribution in [1.29, 1.82) is 0 Å². The van der Waals surface area contributed by atoms with E-state index in [0.29, 0.717) is 17.3 Å². The van der Waals surface area contributed by atoms with Crippen LogP contribution in [-0.4, -0.2) is 16.8 Å². The van der Waals surface area contributed by atoms with Crippen molar-refractivity contribution in [2.45, 2.75) is 12.8 Å². The largest absolute Gasteiger partial charge is 0.465 e. The Hall–Kier alpha value is -3.19. The maximum atomic E-state index is 12.0. The second-order valence-electron chi connectivity index (χ2n) is 5.80. The van der Waals surface area contributed by atoms with E-state index in [2.05, 4.69) is 15.6 Å². The van der Waals surface area contributed by atoms with Gasteiger partial charge in [-0.15, -0.1) is 11.3 Å². The summed E-state index contributed by atoms with van der Waals surface area (Å²) in [4.78, 5) is 27.9. The number of aromatic nitrogens is 1. The molecule has 3 heterocycles. The van der Waals surface area contributed by atoms with Crippen molar-refractivity contribution in [2.24, 2.45) is 0 Å². The van der Waals surface area contributed by atoms with Crippen molar-refractivity contribution >= 4 is 40.0 Å². The number of aryl methyl sites for hydroxylation is 1. The summed E-state index contributed by atoms with van der Waals surface area (Å²) in [5.41, 5.74) is 3.71. The van der Waals surface area contributed by atoms with Crippen molar-refractivity contribution in [2.75, 3.05) is 10.6 Å². The Bertz CT molecular complexity index is 989. The number of hydrogen-bond donors (Lipinski definition) is 2. The second kappa shape index (κ2) is 6.97. The van der Waals surface area contributed by atoms with Gasteiger partial charge in [-0.2, -0.15) is 0 Å². The lowest BCUT2D eigenvalue weighted by molar-refractivity contribution is -0.116. The Morgan fingerprint density at radius 3 is 3.08 bits per heavy atom.